The number of carbonyl (C=O) groups excluding carboxylic acids is 1. The maximum absolute atomic E-state index is 12.0. The average Bonchev–Trinajstić information content (AvgIpc) is 2.64. The molecule has 25 heavy (non-hydrogen) atoms. The number of hydrogen-bond acceptors (Lipinski definition) is 3. The molecule has 5 heteroatoms. The van der Waals surface area contributed by atoms with Gasteiger partial charge in [0.15, 0.2) is 6.04 Å². The highest BCUT2D eigenvalue weighted by Crippen LogP contribution is 2.21. The summed E-state index contributed by atoms with van der Waals surface area (Å²) in [7, 11) is 0. The zero-order chi connectivity index (χ0) is 17.6. The second-order valence-electron chi connectivity index (χ2n) is 5.58. The molecule has 0 aliphatic heterocycles. The summed E-state index contributed by atoms with van der Waals surface area (Å²) in [5, 5.41) is 13.8. The number of fused-ring (bicyclic) bond motifs is 1. The van der Waals surface area contributed by atoms with Gasteiger partial charge < -0.3 is 15.2 Å². The second-order valence-corrected chi connectivity index (χ2v) is 5.58. The SMILES string of the molecule is O=C(N[C@H](C(=O)O)c1ccc2ccccc2c1)OCc1ccccc1. The fourth-order valence-corrected chi connectivity index (χ4v) is 2.56. The summed E-state index contributed by atoms with van der Waals surface area (Å²) in [5.74, 6) is -1.15. The molecule has 0 aliphatic carbocycles. The molecule has 0 heterocycles. The molecule has 0 fully saturated rings. The Morgan fingerprint density at radius 1 is 0.920 bits per heavy atom. The summed E-state index contributed by atoms with van der Waals surface area (Å²) in [6.07, 6.45) is -0.774. The zero-order valence-corrected chi connectivity index (χ0v) is 13.4. The van der Waals surface area contributed by atoms with E-state index in [0.717, 1.165) is 16.3 Å². The number of carboxylic acids is 1. The van der Waals surface area contributed by atoms with Crippen molar-refractivity contribution in [2.24, 2.45) is 0 Å². The van der Waals surface area contributed by atoms with E-state index in [1.807, 2.05) is 60.7 Å². The van der Waals surface area contributed by atoms with Crippen molar-refractivity contribution >= 4 is 22.8 Å². The Hall–Kier alpha value is -3.34. The highest BCUT2D eigenvalue weighted by atomic mass is 16.5. The van der Waals surface area contributed by atoms with Crippen LogP contribution in [0.1, 0.15) is 17.2 Å². The molecule has 0 radical (unpaired) electrons. The molecule has 1 amide bonds. The van der Waals surface area contributed by atoms with Crippen LogP contribution < -0.4 is 5.32 Å². The van der Waals surface area contributed by atoms with Crippen LogP contribution in [0.3, 0.4) is 0 Å². The van der Waals surface area contributed by atoms with Gasteiger partial charge in [-0.1, -0.05) is 66.7 Å². The molecule has 126 valence electrons. The number of aliphatic carboxylic acids is 1. The average molecular weight is 335 g/mol. The number of benzene rings is 3. The lowest BCUT2D eigenvalue weighted by atomic mass is 10.0. The zero-order valence-electron chi connectivity index (χ0n) is 13.4. The third kappa shape index (κ3) is 4.14. The molecular weight excluding hydrogens is 318 g/mol. The third-order valence-electron chi connectivity index (χ3n) is 3.83. The molecule has 0 aliphatic rings. The van der Waals surface area contributed by atoms with Crippen molar-refractivity contribution in [1.29, 1.82) is 0 Å². The van der Waals surface area contributed by atoms with E-state index in [2.05, 4.69) is 5.32 Å². The summed E-state index contributed by atoms with van der Waals surface area (Å²) < 4.78 is 5.10. The molecule has 2 N–H and O–H groups in total. The number of alkyl carbamates (subject to hydrolysis) is 1. The van der Waals surface area contributed by atoms with Gasteiger partial charge in [-0.2, -0.15) is 0 Å². The first kappa shape index (κ1) is 16.5. The molecule has 0 aromatic heterocycles. The van der Waals surface area contributed by atoms with Crippen LogP contribution in [0.15, 0.2) is 72.8 Å². The van der Waals surface area contributed by atoms with Crippen LogP contribution in [-0.4, -0.2) is 17.2 Å². The number of carbonyl (C=O) groups is 2. The normalized spacial score (nSPS) is 11.7. The number of rotatable bonds is 5. The first-order valence-corrected chi connectivity index (χ1v) is 7.82. The Morgan fingerprint density at radius 2 is 1.60 bits per heavy atom. The van der Waals surface area contributed by atoms with Gasteiger partial charge in [0.1, 0.15) is 6.61 Å². The van der Waals surface area contributed by atoms with E-state index in [-0.39, 0.29) is 6.61 Å². The van der Waals surface area contributed by atoms with Crippen LogP contribution in [0.25, 0.3) is 10.8 Å². The minimum absolute atomic E-state index is 0.0801. The number of ether oxygens (including phenoxy) is 1. The van der Waals surface area contributed by atoms with Gasteiger partial charge in [0.25, 0.3) is 0 Å². The predicted molar refractivity (Wildman–Crippen MR) is 94.1 cm³/mol. The molecule has 0 spiro atoms. The summed E-state index contributed by atoms with van der Waals surface area (Å²) in [5.41, 5.74) is 1.32. The molecule has 3 rings (SSSR count). The van der Waals surface area contributed by atoms with Gasteiger partial charge in [0, 0.05) is 0 Å². The van der Waals surface area contributed by atoms with Crippen molar-refractivity contribution in [1.82, 2.24) is 5.32 Å². The topological polar surface area (TPSA) is 75.6 Å². The minimum atomic E-state index is -1.17. The second kappa shape index (κ2) is 7.49. The van der Waals surface area contributed by atoms with Crippen LogP contribution in [0.5, 0.6) is 0 Å². The van der Waals surface area contributed by atoms with Gasteiger partial charge in [-0.05, 0) is 28.0 Å². The molecule has 3 aromatic rings. The number of amides is 1. The van der Waals surface area contributed by atoms with E-state index in [1.54, 1.807) is 12.1 Å². The molecular formula is C20H17NO4. The van der Waals surface area contributed by atoms with E-state index >= 15 is 0 Å². The van der Waals surface area contributed by atoms with Gasteiger partial charge in [0.2, 0.25) is 0 Å². The number of hydrogen-bond donors (Lipinski definition) is 2. The Labute approximate surface area is 144 Å². The first-order chi connectivity index (χ1) is 12.1. The lowest BCUT2D eigenvalue weighted by Gasteiger charge is -2.15. The van der Waals surface area contributed by atoms with Crippen molar-refractivity contribution < 1.29 is 19.4 Å². The molecule has 0 bridgehead atoms. The Morgan fingerprint density at radius 3 is 2.32 bits per heavy atom. The Kier molecular flexibility index (Phi) is 4.95. The fraction of sp³-hybridized carbons (Fsp3) is 0.100. The highest BCUT2D eigenvalue weighted by Gasteiger charge is 2.23. The van der Waals surface area contributed by atoms with Crippen molar-refractivity contribution in [3.63, 3.8) is 0 Å². The maximum atomic E-state index is 12.0. The van der Waals surface area contributed by atoms with E-state index < -0.39 is 18.1 Å². The van der Waals surface area contributed by atoms with Crippen LogP contribution >= 0.6 is 0 Å². The molecule has 3 aromatic carbocycles. The molecule has 5 nitrogen and oxygen atoms in total. The smallest absolute Gasteiger partial charge is 0.408 e. The summed E-state index contributed by atoms with van der Waals surface area (Å²) >= 11 is 0. The molecule has 1 atom stereocenters. The lowest BCUT2D eigenvalue weighted by molar-refractivity contribution is -0.139. The van der Waals surface area contributed by atoms with E-state index in [4.69, 9.17) is 4.74 Å². The summed E-state index contributed by atoms with van der Waals surface area (Å²) in [6, 6.07) is 20.9. The van der Waals surface area contributed by atoms with Crippen molar-refractivity contribution in [3.8, 4) is 0 Å². The lowest BCUT2D eigenvalue weighted by Crippen LogP contribution is -2.34. The predicted octanol–water partition coefficient (Wildman–Crippen LogP) is 3.89. The Balaban J connectivity index is 1.71. The summed E-state index contributed by atoms with van der Waals surface area (Å²) in [6.45, 7) is 0.0801. The van der Waals surface area contributed by atoms with Crippen molar-refractivity contribution in [2.75, 3.05) is 0 Å². The molecule has 0 unspecified atom stereocenters. The minimum Gasteiger partial charge on any atom is -0.479 e. The maximum Gasteiger partial charge on any atom is 0.408 e. The highest BCUT2D eigenvalue weighted by molar-refractivity contribution is 5.86. The van der Waals surface area contributed by atoms with Crippen LogP contribution in [0.2, 0.25) is 0 Å². The van der Waals surface area contributed by atoms with Crippen LogP contribution in [0.4, 0.5) is 4.79 Å². The van der Waals surface area contributed by atoms with Crippen molar-refractivity contribution in [3.05, 3.63) is 83.9 Å². The molecule has 0 saturated carbocycles. The van der Waals surface area contributed by atoms with Gasteiger partial charge >= 0.3 is 12.1 Å². The van der Waals surface area contributed by atoms with Gasteiger partial charge in [0.05, 0.1) is 0 Å². The third-order valence-corrected chi connectivity index (χ3v) is 3.83. The van der Waals surface area contributed by atoms with E-state index in [1.165, 1.54) is 0 Å². The van der Waals surface area contributed by atoms with E-state index in [0.29, 0.717) is 5.56 Å². The van der Waals surface area contributed by atoms with Crippen molar-refractivity contribution in [2.45, 2.75) is 12.6 Å². The monoisotopic (exact) mass is 335 g/mol. The van der Waals surface area contributed by atoms with Gasteiger partial charge in [-0.15, -0.1) is 0 Å². The van der Waals surface area contributed by atoms with E-state index in [9.17, 15) is 14.7 Å². The van der Waals surface area contributed by atoms with Gasteiger partial charge in [-0.3, -0.25) is 0 Å². The quantitative estimate of drug-likeness (QED) is 0.742. The summed E-state index contributed by atoms with van der Waals surface area (Å²) in [4.78, 5) is 23.5. The number of nitrogens with one attached hydrogen (secondary N) is 1. The standard InChI is InChI=1S/C20H17NO4/c22-19(23)18(17-11-10-15-8-4-5-9-16(15)12-17)21-20(24)25-13-14-6-2-1-3-7-14/h1-12,18H,13H2,(H,21,24)(H,22,23)/t18-/m0/s1. The van der Waals surface area contributed by atoms with Gasteiger partial charge in [-0.25, -0.2) is 9.59 Å². The molecule has 0 saturated heterocycles. The van der Waals surface area contributed by atoms with Crippen LogP contribution in [0, 0.1) is 0 Å². The largest absolute Gasteiger partial charge is 0.479 e. The Bertz CT molecular complexity index is 892. The fourth-order valence-electron chi connectivity index (χ4n) is 2.56. The van der Waals surface area contributed by atoms with Crippen LogP contribution in [-0.2, 0) is 16.1 Å². The number of carboxylic acid groups (broad SMARTS) is 1. The first-order valence-electron chi connectivity index (χ1n) is 7.82.